The molecule has 2 aromatic heterocycles. The van der Waals surface area contributed by atoms with E-state index in [1.807, 2.05) is 0 Å². The van der Waals surface area contributed by atoms with E-state index in [1.165, 1.54) is 0 Å². The maximum absolute atomic E-state index is 12.7. The minimum absolute atomic E-state index is 0.119. The molecule has 4 atom stereocenters. The number of allylic oxidation sites excluding steroid dienone is 4. The lowest BCUT2D eigenvalue weighted by molar-refractivity contribution is -0.113. The summed E-state index contributed by atoms with van der Waals surface area (Å²) in [4.78, 5) is 55.0. The van der Waals surface area contributed by atoms with Gasteiger partial charge in [-0.3, -0.25) is 23.9 Å². The summed E-state index contributed by atoms with van der Waals surface area (Å²) in [7, 11) is 0. The van der Waals surface area contributed by atoms with Gasteiger partial charge in [-0.1, -0.05) is 0 Å². The van der Waals surface area contributed by atoms with Gasteiger partial charge in [-0.2, -0.15) is 0 Å². The topological polar surface area (TPSA) is 177 Å². The van der Waals surface area contributed by atoms with Gasteiger partial charge in [0.15, 0.2) is 17.5 Å². The summed E-state index contributed by atoms with van der Waals surface area (Å²) in [5.74, 6) is -1.26. The Kier molecular flexibility index (Phi) is 4.19. The Morgan fingerprint density at radius 3 is 2.57 bits per heavy atom. The second-order valence-corrected chi connectivity index (χ2v) is 6.28. The van der Waals surface area contributed by atoms with Gasteiger partial charge in [0.2, 0.25) is 5.78 Å². The third-order valence-electron chi connectivity index (χ3n) is 4.59. The van der Waals surface area contributed by atoms with Gasteiger partial charge in [0, 0.05) is 6.08 Å². The zero-order valence-corrected chi connectivity index (χ0v) is 14.1. The van der Waals surface area contributed by atoms with Crippen LogP contribution in [-0.2, 0) is 14.3 Å². The van der Waals surface area contributed by atoms with E-state index in [0.717, 1.165) is 29.1 Å². The van der Waals surface area contributed by atoms with Gasteiger partial charge in [0.05, 0.1) is 12.9 Å². The van der Waals surface area contributed by atoms with Crippen molar-refractivity contribution in [2.24, 2.45) is 0 Å². The first-order valence-corrected chi connectivity index (χ1v) is 8.16. The molecule has 0 bridgehead atoms. The van der Waals surface area contributed by atoms with Crippen molar-refractivity contribution in [2.45, 2.75) is 24.5 Å². The van der Waals surface area contributed by atoms with E-state index in [1.54, 1.807) is 0 Å². The minimum Gasteiger partial charge on any atom is -0.394 e. The highest BCUT2D eigenvalue weighted by Gasteiger charge is 2.44. The van der Waals surface area contributed by atoms with Crippen molar-refractivity contribution in [3.8, 4) is 0 Å². The number of rotatable bonds is 3. The van der Waals surface area contributed by atoms with E-state index in [4.69, 9.17) is 4.74 Å². The molecule has 2 aliphatic rings. The standard InChI is InChI=1S/C16H14N4O8/c21-4-9-11(24)12(25)15(28-9)19-5-17-10-13(19)18-16(27)20(14(10)26)7-3-6(22)1-2-8(7)23/h1-3,5,9,11-12,15,21,24-25H,4H2,(H,18,27)/t9-,11-,12-,15-/m1/s1. The zero-order chi connectivity index (χ0) is 20.2. The first-order valence-electron chi connectivity index (χ1n) is 8.16. The Balaban J connectivity index is 1.86. The molecule has 1 fully saturated rings. The van der Waals surface area contributed by atoms with Crippen LogP contribution in [0.15, 0.2) is 34.1 Å². The van der Waals surface area contributed by atoms with Crippen LogP contribution in [-0.4, -0.2) is 70.9 Å². The number of aliphatic hydroxyl groups excluding tert-OH is 3. The van der Waals surface area contributed by atoms with Crippen LogP contribution in [0.1, 0.15) is 6.23 Å². The highest BCUT2D eigenvalue weighted by Crippen LogP contribution is 2.30. The summed E-state index contributed by atoms with van der Waals surface area (Å²) in [5, 5.41) is 29.2. The number of aliphatic hydroxyl groups is 3. The average molecular weight is 390 g/mol. The SMILES string of the molecule is O=C1C=CC(=O)C(n2c(=O)[nH]c3c(ncn3[C@@H]3O[C@H](CO)[C@@H](O)[C@H]3O)c2=O)=C1. The molecule has 2 aromatic rings. The van der Waals surface area contributed by atoms with Crippen molar-refractivity contribution < 1.29 is 29.6 Å². The number of ketones is 2. The second kappa shape index (κ2) is 6.45. The summed E-state index contributed by atoms with van der Waals surface area (Å²) < 4.78 is 7.00. The van der Waals surface area contributed by atoms with Crippen molar-refractivity contribution in [3.63, 3.8) is 0 Å². The van der Waals surface area contributed by atoms with E-state index in [9.17, 15) is 34.5 Å². The highest BCUT2D eigenvalue weighted by atomic mass is 16.6. The second-order valence-electron chi connectivity index (χ2n) is 6.28. The molecule has 0 saturated carbocycles. The fourth-order valence-electron chi connectivity index (χ4n) is 3.19. The van der Waals surface area contributed by atoms with E-state index in [2.05, 4.69) is 9.97 Å². The van der Waals surface area contributed by atoms with Crippen molar-refractivity contribution in [1.82, 2.24) is 19.1 Å². The molecule has 0 unspecified atom stereocenters. The largest absolute Gasteiger partial charge is 0.394 e. The number of carbonyl (C=O) groups excluding carboxylic acids is 2. The third-order valence-corrected chi connectivity index (χ3v) is 4.59. The smallest absolute Gasteiger partial charge is 0.334 e. The molecule has 0 aromatic carbocycles. The lowest BCUT2D eigenvalue weighted by atomic mass is 10.1. The van der Waals surface area contributed by atoms with Gasteiger partial charge < -0.3 is 20.1 Å². The normalized spacial score (nSPS) is 27.6. The van der Waals surface area contributed by atoms with E-state index < -0.39 is 59.7 Å². The van der Waals surface area contributed by atoms with Gasteiger partial charge in [0.25, 0.3) is 5.56 Å². The lowest BCUT2D eigenvalue weighted by Crippen LogP contribution is -2.37. The van der Waals surface area contributed by atoms with Gasteiger partial charge in [-0.05, 0) is 12.2 Å². The quantitative estimate of drug-likeness (QED) is 0.399. The first kappa shape index (κ1) is 18.2. The molecule has 0 amide bonds. The summed E-state index contributed by atoms with van der Waals surface area (Å²) in [6.45, 7) is -0.553. The number of H-pyrrole nitrogens is 1. The zero-order valence-electron chi connectivity index (χ0n) is 14.1. The maximum Gasteiger partial charge on any atom is 0.334 e. The van der Waals surface area contributed by atoms with Crippen LogP contribution < -0.4 is 11.2 Å². The number of carbonyl (C=O) groups is 2. The molecule has 0 spiro atoms. The Bertz CT molecular complexity index is 1170. The van der Waals surface area contributed by atoms with Crippen LogP contribution in [0.3, 0.4) is 0 Å². The van der Waals surface area contributed by atoms with Gasteiger partial charge in [-0.15, -0.1) is 0 Å². The number of hydrogen-bond acceptors (Lipinski definition) is 9. The molecule has 12 heteroatoms. The first-order chi connectivity index (χ1) is 13.3. The minimum atomic E-state index is -1.45. The Morgan fingerprint density at radius 1 is 1.14 bits per heavy atom. The summed E-state index contributed by atoms with van der Waals surface area (Å²) in [6, 6.07) is 0. The number of fused-ring (bicyclic) bond motifs is 1. The number of aromatic amines is 1. The third kappa shape index (κ3) is 2.58. The number of aromatic nitrogens is 4. The van der Waals surface area contributed by atoms with Crippen molar-refractivity contribution >= 4 is 28.4 Å². The van der Waals surface area contributed by atoms with Crippen LogP contribution >= 0.6 is 0 Å². The number of nitrogens with zero attached hydrogens (tertiary/aromatic N) is 3. The monoisotopic (exact) mass is 390 g/mol. The predicted octanol–water partition coefficient (Wildman–Crippen LogP) is -2.95. The van der Waals surface area contributed by atoms with Crippen LogP contribution in [0.2, 0.25) is 0 Å². The average Bonchev–Trinajstić information content (AvgIpc) is 3.19. The van der Waals surface area contributed by atoms with Gasteiger partial charge >= 0.3 is 5.69 Å². The number of ether oxygens (including phenoxy) is 1. The van der Waals surface area contributed by atoms with Crippen molar-refractivity contribution in [2.75, 3.05) is 6.61 Å². The number of hydrogen-bond donors (Lipinski definition) is 4. The molecule has 1 aliphatic heterocycles. The molecular weight excluding hydrogens is 376 g/mol. The highest BCUT2D eigenvalue weighted by molar-refractivity contribution is 6.30. The lowest BCUT2D eigenvalue weighted by Gasteiger charge is -2.17. The summed E-state index contributed by atoms with van der Waals surface area (Å²) >= 11 is 0. The molecule has 12 nitrogen and oxygen atoms in total. The van der Waals surface area contributed by atoms with Crippen LogP contribution in [0, 0.1) is 0 Å². The molecule has 146 valence electrons. The number of imidazole rings is 1. The molecule has 0 radical (unpaired) electrons. The fourth-order valence-corrected chi connectivity index (χ4v) is 3.19. The van der Waals surface area contributed by atoms with Crippen molar-refractivity contribution in [1.29, 1.82) is 0 Å². The van der Waals surface area contributed by atoms with Crippen LogP contribution in [0.5, 0.6) is 0 Å². The van der Waals surface area contributed by atoms with Gasteiger partial charge in [-0.25, -0.2) is 14.3 Å². The molecule has 1 aliphatic carbocycles. The van der Waals surface area contributed by atoms with Crippen molar-refractivity contribution in [3.05, 3.63) is 45.4 Å². The van der Waals surface area contributed by atoms with E-state index in [0.29, 0.717) is 4.57 Å². The molecule has 1 saturated heterocycles. The van der Waals surface area contributed by atoms with Crippen LogP contribution in [0.25, 0.3) is 16.9 Å². The Hall–Kier alpha value is -3.19. The predicted molar refractivity (Wildman–Crippen MR) is 91.1 cm³/mol. The maximum atomic E-state index is 12.7. The van der Waals surface area contributed by atoms with E-state index >= 15 is 0 Å². The fraction of sp³-hybridized carbons (Fsp3) is 0.312. The Morgan fingerprint density at radius 2 is 1.89 bits per heavy atom. The Labute approximate surface area is 154 Å². The number of nitrogens with one attached hydrogen (secondary N) is 1. The van der Waals surface area contributed by atoms with Crippen LogP contribution in [0.4, 0.5) is 0 Å². The molecular formula is C16H14N4O8. The molecule has 3 heterocycles. The molecule has 28 heavy (non-hydrogen) atoms. The molecule has 4 rings (SSSR count). The summed E-state index contributed by atoms with van der Waals surface area (Å²) in [5.41, 5.74) is -2.75. The summed E-state index contributed by atoms with van der Waals surface area (Å²) in [6.07, 6.45) is -1.18. The molecule has 4 N–H and O–H groups in total. The van der Waals surface area contributed by atoms with Gasteiger partial charge in [0.1, 0.15) is 29.7 Å². The van der Waals surface area contributed by atoms with E-state index in [-0.39, 0.29) is 11.2 Å².